The highest BCUT2D eigenvalue weighted by molar-refractivity contribution is 7.80. The number of thiocarbonyl (C=S) groups is 1. The molecule has 0 amide bonds. The second-order valence-corrected chi connectivity index (χ2v) is 5.75. The van der Waals surface area contributed by atoms with Gasteiger partial charge in [-0.2, -0.15) is 0 Å². The van der Waals surface area contributed by atoms with E-state index in [-0.39, 0.29) is 0 Å². The van der Waals surface area contributed by atoms with E-state index >= 15 is 0 Å². The largest absolute Gasteiger partial charge is 0.389 e. The maximum absolute atomic E-state index is 5.69. The average Bonchev–Trinajstić information content (AvgIpc) is 2.47. The number of nitrogens with two attached hydrogens (primary N) is 1. The van der Waals surface area contributed by atoms with Crippen LogP contribution in [0.3, 0.4) is 0 Å². The normalized spacial score (nSPS) is 10.4. The van der Waals surface area contributed by atoms with Gasteiger partial charge in [-0.25, -0.2) is 0 Å². The quantitative estimate of drug-likeness (QED) is 0.847. The van der Waals surface area contributed by atoms with Crippen LogP contribution in [0.25, 0.3) is 0 Å². The predicted octanol–water partition coefficient (Wildman–Crippen LogP) is 3.96. The van der Waals surface area contributed by atoms with E-state index in [9.17, 15) is 0 Å². The Bertz CT molecular complexity index is 649. The van der Waals surface area contributed by atoms with Crippen molar-refractivity contribution in [2.45, 2.75) is 27.3 Å². The van der Waals surface area contributed by atoms with Crippen molar-refractivity contribution in [2.75, 3.05) is 11.4 Å². The molecule has 0 aliphatic rings. The van der Waals surface area contributed by atoms with E-state index in [1.807, 2.05) is 6.07 Å². The summed E-state index contributed by atoms with van der Waals surface area (Å²) >= 11 is 5.04. The lowest BCUT2D eigenvalue weighted by molar-refractivity contribution is 0.823. The zero-order valence-electron chi connectivity index (χ0n) is 12.9. The lowest BCUT2D eigenvalue weighted by Crippen LogP contribution is -2.23. The van der Waals surface area contributed by atoms with Crippen molar-refractivity contribution < 1.29 is 0 Å². The third kappa shape index (κ3) is 3.61. The molecule has 0 heterocycles. The molecule has 2 aromatic rings. The van der Waals surface area contributed by atoms with Crippen LogP contribution in [0.4, 0.5) is 5.69 Å². The highest BCUT2D eigenvalue weighted by atomic mass is 32.1. The molecular formula is C18H22N2S. The highest BCUT2D eigenvalue weighted by Gasteiger charge is 2.10. The summed E-state index contributed by atoms with van der Waals surface area (Å²) in [6, 6.07) is 14.7. The molecule has 2 N–H and O–H groups in total. The van der Waals surface area contributed by atoms with Gasteiger partial charge in [0.1, 0.15) is 4.99 Å². The molecule has 0 spiro atoms. The van der Waals surface area contributed by atoms with Gasteiger partial charge < -0.3 is 10.6 Å². The molecule has 0 unspecified atom stereocenters. The van der Waals surface area contributed by atoms with E-state index in [0.29, 0.717) is 4.99 Å². The van der Waals surface area contributed by atoms with E-state index < -0.39 is 0 Å². The van der Waals surface area contributed by atoms with Crippen LogP contribution < -0.4 is 10.6 Å². The summed E-state index contributed by atoms with van der Waals surface area (Å²) in [5, 5.41) is 0. The molecule has 3 heteroatoms. The van der Waals surface area contributed by atoms with Crippen molar-refractivity contribution in [3.63, 3.8) is 0 Å². The molecule has 0 bridgehead atoms. The zero-order valence-corrected chi connectivity index (χ0v) is 13.7. The second kappa shape index (κ2) is 6.72. The first-order chi connectivity index (χ1) is 10.0. The number of anilines is 1. The maximum atomic E-state index is 5.69. The lowest BCUT2D eigenvalue weighted by Gasteiger charge is -2.26. The summed E-state index contributed by atoms with van der Waals surface area (Å²) in [5.41, 5.74) is 11.8. The Hall–Kier alpha value is -1.87. The van der Waals surface area contributed by atoms with Crippen molar-refractivity contribution in [1.82, 2.24) is 0 Å². The number of para-hydroxylation sites is 1. The molecule has 0 saturated heterocycles. The van der Waals surface area contributed by atoms with E-state index in [1.165, 1.54) is 22.4 Å². The van der Waals surface area contributed by atoms with Gasteiger partial charge in [0.15, 0.2) is 0 Å². The summed E-state index contributed by atoms with van der Waals surface area (Å²) < 4.78 is 0. The fourth-order valence-electron chi connectivity index (χ4n) is 2.52. The Morgan fingerprint density at radius 1 is 1.10 bits per heavy atom. The van der Waals surface area contributed by atoms with Crippen molar-refractivity contribution in [2.24, 2.45) is 5.73 Å². The minimum Gasteiger partial charge on any atom is -0.389 e. The molecule has 0 aromatic heterocycles. The molecule has 0 atom stereocenters. The SMILES string of the molecule is CCN(Cc1ccc(C(N)=S)cc1C)c1ccccc1C. The number of nitrogens with zero attached hydrogens (tertiary/aromatic N) is 1. The van der Waals surface area contributed by atoms with Crippen molar-refractivity contribution in [3.8, 4) is 0 Å². The van der Waals surface area contributed by atoms with Crippen molar-refractivity contribution in [3.05, 3.63) is 64.7 Å². The van der Waals surface area contributed by atoms with Gasteiger partial charge in [0, 0.05) is 24.3 Å². The molecule has 21 heavy (non-hydrogen) atoms. The number of hydrogen-bond donors (Lipinski definition) is 1. The monoisotopic (exact) mass is 298 g/mol. The van der Waals surface area contributed by atoms with Gasteiger partial charge in [0.2, 0.25) is 0 Å². The third-order valence-electron chi connectivity index (χ3n) is 3.83. The van der Waals surface area contributed by atoms with Crippen LogP contribution in [-0.2, 0) is 6.54 Å². The standard InChI is InChI=1S/C18H22N2S/c1-4-20(17-8-6-5-7-13(17)2)12-16-10-9-15(18(19)21)11-14(16)3/h5-11H,4,12H2,1-3H3,(H2,19,21). The van der Waals surface area contributed by atoms with Gasteiger partial charge in [0.05, 0.1) is 0 Å². The van der Waals surface area contributed by atoms with Crippen LogP contribution in [-0.4, -0.2) is 11.5 Å². The Morgan fingerprint density at radius 2 is 1.81 bits per heavy atom. The van der Waals surface area contributed by atoms with E-state index in [1.54, 1.807) is 0 Å². The van der Waals surface area contributed by atoms with Crippen LogP contribution >= 0.6 is 12.2 Å². The van der Waals surface area contributed by atoms with Gasteiger partial charge in [-0.15, -0.1) is 0 Å². The first-order valence-corrected chi connectivity index (χ1v) is 7.63. The van der Waals surface area contributed by atoms with Crippen LogP contribution in [0.2, 0.25) is 0 Å². The summed E-state index contributed by atoms with van der Waals surface area (Å²) in [7, 11) is 0. The number of hydrogen-bond acceptors (Lipinski definition) is 2. The van der Waals surface area contributed by atoms with Gasteiger partial charge in [-0.1, -0.05) is 42.5 Å². The Balaban J connectivity index is 2.27. The zero-order chi connectivity index (χ0) is 15.4. The predicted molar refractivity (Wildman–Crippen MR) is 95.0 cm³/mol. The summed E-state index contributed by atoms with van der Waals surface area (Å²) in [6.07, 6.45) is 0. The second-order valence-electron chi connectivity index (χ2n) is 5.31. The number of aryl methyl sites for hydroxylation is 2. The molecule has 0 fully saturated rings. The molecule has 2 aromatic carbocycles. The molecule has 2 rings (SSSR count). The maximum Gasteiger partial charge on any atom is 0.103 e. The first-order valence-electron chi connectivity index (χ1n) is 7.22. The third-order valence-corrected chi connectivity index (χ3v) is 4.06. The van der Waals surface area contributed by atoms with Gasteiger partial charge in [-0.05, 0) is 49.6 Å². The van der Waals surface area contributed by atoms with Crippen LogP contribution in [0, 0.1) is 13.8 Å². The van der Waals surface area contributed by atoms with Crippen molar-refractivity contribution in [1.29, 1.82) is 0 Å². The van der Waals surface area contributed by atoms with Crippen LogP contribution in [0.1, 0.15) is 29.2 Å². The fraction of sp³-hybridized carbons (Fsp3) is 0.278. The molecule has 0 aliphatic carbocycles. The fourth-order valence-corrected chi connectivity index (χ4v) is 2.64. The minimum absolute atomic E-state index is 0.455. The molecular weight excluding hydrogens is 276 g/mol. The smallest absolute Gasteiger partial charge is 0.103 e. The van der Waals surface area contributed by atoms with E-state index in [0.717, 1.165) is 18.7 Å². The topological polar surface area (TPSA) is 29.3 Å². The Morgan fingerprint density at radius 3 is 2.38 bits per heavy atom. The molecule has 0 aliphatic heterocycles. The summed E-state index contributed by atoms with van der Waals surface area (Å²) in [4.78, 5) is 2.84. The summed E-state index contributed by atoms with van der Waals surface area (Å²) in [5.74, 6) is 0. The van der Waals surface area contributed by atoms with Crippen LogP contribution in [0.15, 0.2) is 42.5 Å². The van der Waals surface area contributed by atoms with Gasteiger partial charge >= 0.3 is 0 Å². The molecule has 110 valence electrons. The molecule has 2 nitrogen and oxygen atoms in total. The Labute approximate surface area is 132 Å². The lowest BCUT2D eigenvalue weighted by atomic mass is 10.0. The highest BCUT2D eigenvalue weighted by Crippen LogP contribution is 2.22. The van der Waals surface area contributed by atoms with E-state index in [2.05, 4.69) is 62.1 Å². The molecule has 0 radical (unpaired) electrons. The van der Waals surface area contributed by atoms with E-state index in [4.69, 9.17) is 18.0 Å². The summed E-state index contributed by atoms with van der Waals surface area (Å²) in [6.45, 7) is 8.32. The first kappa shape index (κ1) is 15.5. The van der Waals surface area contributed by atoms with Crippen LogP contribution in [0.5, 0.6) is 0 Å². The molecule has 0 saturated carbocycles. The average molecular weight is 298 g/mol. The van der Waals surface area contributed by atoms with Crippen molar-refractivity contribution >= 4 is 22.9 Å². The number of benzene rings is 2. The van der Waals surface area contributed by atoms with Gasteiger partial charge in [-0.3, -0.25) is 0 Å². The minimum atomic E-state index is 0.455. The Kier molecular flexibility index (Phi) is 4.97. The number of rotatable bonds is 5. The van der Waals surface area contributed by atoms with Gasteiger partial charge in [0.25, 0.3) is 0 Å².